The summed E-state index contributed by atoms with van der Waals surface area (Å²) in [5.41, 5.74) is 3.86. The van der Waals surface area contributed by atoms with Crippen LogP contribution in [-0.2, 0) is 26.1 Å². The molecule has 1 amide bonds. The molecule has 0 bridgehead atoms. The van der Waals surface area contributed by atoms with E-state index >= 15 is 0 Å². The standard InChI is InChI=1S/C22H31N3O5S/c1-6-8-20(21(26)24-30-22(2,3)4)31(27,28)25-18-11-10-16(14-19(18)29-5)13-17-9-7-12-23-15-17/h7,9-12,14-15,20,25H,6,8,13H2,1-5H3,(H,24,26)/t20-/m1/s1. The summed E-state index contributed by atoms with van der Waals surface area (Å²) in [6.45, 7) is 7.08. The largest absolute Gasteiger partial charge is 0.495 e. The number of sulfonamides is 1. The first-order chi connectivity index (χ1) is 14.6. The summed E-state index contributed by atoms with van der Waals surface area (Å²) in [4.78, 5) is 21.9. The Balaban J connectivity index is 2.21. The Kier molecular flexibility index (Phi) is 8.41. The molecule has 0 aliphatic rings. The molecule has 0 saturated carbocycles. The summed E-state index contributed by atoms with van der Waals surface area (Å²) in [5, 5.41) is -1.31. The number of benzene rings is 1. The maximum Gasteiger partial charge on any atom is 0.263 e. The summed E-state index contributed by atoms with van der Waals surface area (Å²) < 4.78 is 33.9. The van der Waals surface area contributed by atoms with Gasteiger partial charge < -0.3 is 4.74 Å². The predicted octanol–water partition coefficient (Wildman–Crippen LogP) is 3.44. The minimum absolute atomic E-state index is 0.149. The van der Waals surface area contributed by atoms with Gasteiger partial charge in [-0.2, -0.15) is 0 Å². The lowest BCUT2D eigenvalue weighted by Gasteiger charge is -2.23. The van der Waals surface area contributed by atoms with E-state index in [-0.39, 0.29) is 12.1 Å². The van der Waals surface area contributed by atoms with E-state index in [9.17, 15) is 13.2 Å². The van der Waals surface area contributed by atoms with Crippen molar-refractivity contribution in [2.75, 3.05) is 11.8 Å². The van der Waals surface area contributed by atoms with Crippen LogP contribution in [0.3, 0.4) is 0 Å². The van der Waals surface area contributed by atoms with Crippen LogP contribution in [0.25, 0.3) is 0 Å². The minimum atomic E-state index is -4.04. The Labute approximate surface area is 184 Å². The van der Waals surface area contributed by atoms with Gasteiger partial charge in [0.25, 0.3) is 5.91 Å². The molecule has 1 heterocycles. The second kappa shape index (κ2) is 10.6. The van der Waals surface area contributed by atoms with Crippen LogP contribution in [0.2, 0.25) is 0 Å². The number of hydrogen-bond acceptors (Lipinski definition) is 6. The van der Waals surface area contributed by atoms with Gasteiger partial charge in [0.2, 0.25) is 10.0 Å². The average molecular weight is 450 g/mol. The fourth-order valence-corrected chi connectivity index (χ4v) is 4.34. The van der Waals surface area contributed by atoms with Crippen LogP contribution in [0.5, 0.6) is 5.75 Å². The highest BCUT2D eigenvalue weighted by molar-refractivity contribution is 7.94. The molecule has 1 aromatic carbocycles. The maximum atomic E-state index is 13.0. The Bertz CT molecular complexity index is 972. The highest BCUT2D eigenvalue weighted by atomic mass is 32.2. The second-order valence-electron chi connectivity index (χ2n) is 8.18. The molecule has 2 rings (SSSR count). The first-order valence-electron chi connectivity index (χ1n) is 10.1. The summed E-state index contributed by atoms with van der Waals surface area (Å²) in [6.07, 6.45) is 4.77. The molecule has 2 aromatic rings. The van der Waals surface area contributed by atoms with Crippen molar-refractivity contribution in [3.63, 3.8) is 0 Å². The van der Waals surface area contributed by atoms with Crippen molar-refractivity contribution in [2.45, 2.75) is 57.8 Å². The molecule has 0 aliphatic carbocycles. The molecular weight excluding hydrogens is 418 g/mol. The van der Waals surface area contributed by atoms with E-state index in [1.165, 1.54) is 7.11 Å². The third-order valence-corrected chi connectivity index (χ3v) is 6.03. The summed E-state index contributed by atoms with van der Waals surface area (Å²) in [7, 11) is -2.57. The number of hydrogen-bond donors (Lipinski definition) is 2. The van der Waals surface area contributed by atoms with Crippen molar-refractivity contribution in [3.05, 3.63) is 53.9 Å². The summed E-state index contributed by atoms with van der Waals surface area (Å²) in [5.74, 6) is -0.344. The van der Waals surface area contributed by atoms with Gasteiger partial charge >= 0.3 is 0 Å². The third-order valence-electron chi connectivity index (χ3n) is 4.32. The van der Waals surface area contributed by atoms with Crippen LogP contribution in [0.4, 0.5) is 5.69 Å². The number of carbonyl (C=O) groups excluding carboxylic acids is 1. The van der Waals surface area contributed by atoms with Gasteiger partial charge in [0, 0.05) is 12.4 Å². The smallest absolute Gasteiger partial charge is 0.263 e. The number of methoxy groups -OCH3 is 1. The molecule has 9 heteroatoms. The van der Waals surface area contributed by atoms with Gasteiger partial charge in [-0.15, -0.1) is 0 Å². The number of pyridine rings is 1. The van der Waals surface area contributed by atoms with E-state index in [4.69, 9.17) is 9.57 Å². The number of ether oxygens (including phenoxy) is 1. The number of aromatic nitrogens is 1. The van der Waals surface area contributed by atoms with Crippen LogP contribution < -0.4 is 14.9 Å². The zero-order chi connectivity index (χ0) is 23.1. The Morgan fingerprint density at radius 2 is 1.94 bits per heavy atom. The SMILES string of the molecule is CCC[C@H](C(=O)NOC(C)(C)C)S(=O)(=O)Nc1ccc(Cc2cccnc2)cc1OC. The van der Waals surface area contributed by atoms with Crippen LogP contribution in [0.1, 0.15) is 51.7 Å². The van der Waals surface area contributed by atoms with Crippen LogP contribution in [-0.4, -0.2) is 37.3 Å². The Morgan fingerprint density at radius 1 is 1.19 bits per heavy atom. The molecule has 0 spiro atoms. The molecule has 0 unspecified atom stereocenters. The lowest BCUT2D eigenvalue weighted by molar-refractivity contribution is -0.145. The minimum Gasteiger partial charge on any atom is -0.495 e. The fourth-order valence-electron chi connectivity index (χ4n) is 2.85. The number of rotatable bonds is 10. The topological polar surface area (TPSA) is 107 Å². The lowest BCUT2D eigenvalue weighted by Crippen LogP contribution is -2.44. The number of anilines is 1. The highest BCUT2D eigenvalue weighted by Crippen LogP contribution is 2.29. The quantitative estimate of drug-likeness (QED) is 0.538. The van der Waals surface area contributed by atoms with Gasteiger partial charge in [-0.3, -0.25) is 19.3 Å². The molecule has 0 radical (unpaired) electrons. The van der Waals surface area contributed by atoms with Crippen molar-refractivity contribution in [1.82, 2.24) is 10.5 Å². The van der Waals surface area contributed by atoms with Gasteiger partial charge in [0.05, 0.1) is 18.4 Å². The summed E-state index contributed by atoms with van der Waals surface area (Å²) in [6, 6.07) is 9.03. The van der Waals surface area contributed by atoms with Crippen molar-refractivity contribution >= 4 is 21.6 Å². The van der Waals surface area contributed by atoms with E-state index in [2.05, 4.69) is 15.2 Å². The second-order valence-corrected chi connectivity index (χ2v) is 10.0. The van der Waals surface area contributed by atoms with Crippen molar-refractivity contribution < 1.29 is 22.8 Å². The van der Waals surface area contributed by atoms with Crippen molar-refractivity contribution in [3.8, 4) is 5.75 Å². The van der Waals surface area contributed by atoms with E-state index in [0.29, 0.717) is 18.6 Å². The zero-order valence-corrected chi connectivity index (χ0v) is 19.5. The maximum absolute atomic E-state index is 13.0. The molecule has 31 heavy (non-hydrogen) atoms. The summed E-state index contributed by atoms with van der Waals surface area (Å²) >= 11 is 0. The van der Waals surface area contributed by atoms with Gasteiger partial charge in [-0.05, 0) is 62.9 Å². The Hall–Kier alpha value is -2.65. The van der Waals surface area contributed by atoms with E-state index < -0.39 is 26.8 Å². The molecule has 0 fully saturated rings. The lowest BCUT2D eigenvalue weighted by atomic mass is 10.1. The van der Waals surface area contributed by atoms with Crippen LogP contribution in [0, 0.1) is 0 Å². The fraction of sp³-hybridized carbons (Fsp3) is 0.455. The predicted molar refractivity (Wildman–Crippen MR) is 120 cm³/mol. The van der Waals surface area contributed by atoms with Crippen molar-refractivity contribution in [2.24, 2.45) is 0 Å². The van der Waals surface area contributed by atoms with Crippen molar-refractivity contribution in [1.29, 1.82) is 0 Å². The molecule has 170 valence electrons. The number of carbonyl (C=O) groups is 1. The van der Waals surface area contributed by atoms with E-state index in [0.717, 1.165) is 11.1 Å². The number of nitrogens with one attached hydrogen (secondary N) is 2. The van der Waals surface area contributed by atoms with Crippen LogP contribution in [0.15, 0.2) is 42.7 Å². The van der Waals surface area contributed by atoms with Gasteiger partial charge in [0.1, 0.15) is 5.75 Å². The molecule has 2 N–H and O–H groups in total. The number of amides is 1. The molecule has 1 atom stereocenters. The molecule has 0 aliphatic heterocycles. The zero-order valence-electron chi connectivity index (χ0n) is 18.6. The van der Waals surface area contributed by atoms with Gasteiger partial charge in [0.15, 0.2) is 5.25 Å². The molecule has 0 saturated heterocycles. The van der Waals surface area contributed by atoms with Crippen LogP contribution >= 0.6 is 0 Å². The first kappa shape index (κ1) is 24.6. The third kappa shape index (κ3) is 7.52. The van der Waals surface area contributed by atoms with Gasteiger partial charge in [-0.1, -0.05) is 25.5 Å². The van der Waals surface area contributed by atoms with E-state index in [1.807, 2.05) is 25.1 Å². The highest BCUT2D eigenvalue weighted by Gasteiger charge is 2.33. The molecule has 8 nitrogen and oxygen atoms in total. The average Bonchev–Trinajstić information content (AvgIpc) is 2.71. The molecule has 1 aromatic heterocycles. The van der Waals surface area contributed by atoms with Gasteiger partial charge in [-0.25, -0.2) is 13.9 Å². The number of hydroxylamine groups is 1. The van der Waals surface area contributed by atoms with E-state index in [1.54, 1.807) is 45.3 Å². The first-order valence-corrected chi connectivity index (χ1v) is 11.7. The monoisotopic (exact) mass is 449 g/mol. The number of nitrogens with zero attached hydrogens (tertiary/aromatic N) is 1. The molecular formula is C22H31N3O5S. The Morgan fingerprint density at radius 3 is 2.52 bits per heavy atom. The normalized spacial score (nSPS) is 12.8.